The van der Waals surface area contributed by atoms with Crippen molar-refractivity contribution in [1.82, 2.24) is 5.16 Å². The second-order valence-corrected chi connectivity index (χ2v) is 5.95. The van der Waals surface area contributed by atoms with Gasteiger partial charge < -0.3 is 14.6 Å². The maximum Gasteiger partial charge on any atom is 0.412 e. The number of amides is 2. The Morgan fingerprint density at radius 1 is 1.09 bits per heavy atom. The second kappa shape index (κ2) is 6.51. The number of aromatic nitrogens is 1. The maximum atomic E-state index is 12.0. The molecule has 0 saturated heterocycles. The Bertz CT molecular complexity index is 699. The van der Waals surface area contributed by atoms with Crippen LogP contribution in [0.4, 0.5) is 16.2 Å². The number of anilines is 2. The largest absolute Gasteiger partial charge is 0.444 e. The molecule has 0 spiro atoms. The van der Waals surface area contributed by atoms with Gasteiger partial charge in [0.25, 0.3) is 5.91 Å². The van der Waals surface area contributed by atoms with Crippen molar-refractivity contribution in [1.29, 1.82) is 0 Å². The molecule has 0 bridgehead atoms. The lowest BCUT2D eigenvalue weighted by atomic mass is 10.2. The van der Waals surface area contributed by atoms with Gasteiger partial charge in [-0.3, -0.25) is 10.1 Å². The van der Waals surface area contributed by atoms with Crippen LogP contribution in [0, 0.1) is 6.92 Å². The van der Waals surface area contributed by atoms with Crippen molar-refractivity contribution in [2.75, 3.05) is 10.6 Å². The Morgan fingerprint density at radius 2 is 1.65 bits per heavy atom. The molecule has 122 valence electrons. The smallest absolute Gasteiger partial charge is 0.412 e. The van der Waals surface area contributed by atoms with Crippen molar-refractivity contribution >= 4 is 23.4 Å². The van der Waals surface area contributed by atoms with E-state index in [0.717, 1.165) is 0 Å². The number of hydrogen-bond donors (Lipinski definition) is 2. The van der Waals surface area contributed by atoms with Gasteiger partial charge in [-0.05, 0) is 52.0 Å². The number of carbonyl (C=O) groups is 2. The molecule has 1 aromatic carbocycles. The van der Waals surface area contributed by atoms with Crippen LogP contribution >= 0.6 is 0 Å². The SMILES string of the molecule is Cc1oncc1C(=O)Nc1ccc(NC(=O)OC(C)(C)C)cc1. The quantitative estimate of drug-likeness (QED) is 0.902. The number of aryl methyl sites for hydroxylation is 1. The molecule has 0 aliphatic carbocycles. The van der Waals surface area contributed by atoms with Crippen LogP contribution in [0.15, 0.2) is 35.0 Å². The summed E-state index contributed by atoms with van der Waals surface area (Å²) < 4.78 is 10.0. The van der Waals surface area contributed by atoms with Gasteiger partial charge in [-0.2, -0.15) is 0 Å². The summed E-state index contributed by atoms with van der Waals surface area (Å²) in [5, 5.41) is 8.90. The lowest BCUT2D eigenvalue weighted by molar-refractivity contribution is 0.0635. The Labute approximate surface area is 134 Å². The minimum absolute atomic E-state index is 0.309. The van der Waals surface area contributed by atoms with Crippen molar-refractivity contribution in [3.63, 3.8) is 0 Å². The van der Waals surface area contributed by atoms with Crippen LogP contribution in [0.1, 0.15) is 36.9 Å². The van der Waals surface area contributed by atoms with Crippen molar-refractivity contribution in [3.05, 3.63) is 41.8 Å². The average Bonchev–Trinajstić information content (AvgIpc) is 2.85. The Hall–Kier alpha value is -2.83. The van der Waals surface area contributed by atoms with Gasteiger partial charge in [0.2, 0.25) is 0 Å². The van der Waals surface area contributed by atoms with Gasteiger partial charge in [0, 0.05) is 11.4 Å². The van der Waals surface area contributed by atoms with Gasteiger partial charge >= 0.3 is 6.09 Å². The molecule has 0 aliphatic heterocycles. The first kappa shape index (κ1) is 16.5. The number of carbonyl (C=O) groups excluding carboxylic acids is 2. The van der Waals surface area contributed by atoms with Crippen LogP contribution < -0.4 is 10.6 Å². The molecule has 0 atom stereocenters. The number of nitrogens with one attached hydrogen (secondary N) is 2. The third-order valence-electron chi connectivity index (χ3n) is 2.78. The molecule has 2 amide bonds. The zero-order valence-electron chi connectivity index (χ0n) is 13.5. The van der Waals surface area contributed by atoms with E-state index < -0.39 is 11.7 Å². The van der Waals surface area contributed by atoms with Crippen molar-refractivity contribution in [2.24, 2.45) is 0 Å². The molecule has 0 saturated carbocycles. The summed E-state index contributed by atoms with van der Waals surface area (Å²) in [4.78, 5) is 23.7. The molecule has 1 aromatic heterocycles. The molecule has 1 heterocycles. The van der Waals surface area contributed by atoms with E-state index in [2.05, 4.69) is 15.8 Å². The van der Waals surface area contributed by atoms with Crippen LogP contribution in [0.3, 0.4) is 0 Å². The van der Waals surface area contributed by atoms with E-state index in [1.165, 1.54) is 6.20 Å². The highest BCUT2D eigenvalue weighted by Gasteiger charge is 2.16. The van der Waals surface area contributed by atoms with Gasteiger partial charge in [-0.15, -0.1) is 0 Å². The molecule has 23 heavy (non-hydrogen) atoms. The summed E-state index contributed by atoms with van der Waals surface area (Å²) in [5.74, 6) is 0.141. The minimum atomic E-state index is -0.561. The standard InChI is InChI=1S/C16H19N3O4/c1-10-13(9-17-23-10)14(20)18-11-5-7-12(8-6-11)19-15(21)22-16(2,3)4/h5-9H,1-4H3,(H,18,20)(H,19,21). The zero-order valence-corrected chi connectivity index (χ0v) is 13.5. The van der Waals surface area contributed by atoms with E-state index in [4.69, 9.17) is 9.26 Å². The molecule has 0 aliphatic rings. The molecular weight excluding hydrogens is 298 g/mol. The van der Waals surface area contributed by atoms with E-state index in [-0.39, 0.29) is 5.91 Å². The van der Waals surface area contributed by atoms with Gasteiger partial charge in [-0.25, -0.2) is 4.79 Å². The third-order valence-corrected chi connectivity index (χ3v) is 2.78. The first-order chi connectivity index (χ1) is 10.7. The molecule has 2 rings (SSSR count). The van der Waals surface area contributed by atoms with Crippen LogP contribution in [0.25, 0.3) is 0 Å². The van der Waals surface area contributed by atoms with Gasteiger partial charge in [0.1, 0.15) is 16.9 Å². The second-order valence-electron chi connectivity index (χ2n) is 5.95. The topological polar surface area (TPSA) is 93.5 Å². The van der Waals surface area contributed by atoms with Gasteiger partial charge in [-0.1, -0.05) is 5.16 Å². The normalized spacial score (nSPS) is 11.0. The molecule has 0 unspecified atom stereocenters. The van der Waals surface area contributed by atoms with E-state index in [1.54, 1.807) is 52.0 Å². The fraction of sp³-hybridized carbons (Fsp3) is 0.312. The Morgan fingerprint density at radius 3 is 2.13 bits per heavy atom. The first-order valence-corrected chi connectivity index (χ1v) is 7.07. The van der Waals surface area contributed by atoms with Gasteiger partial charge in [0.05, 0.1) is 6.20 Å². The highest BCUT2D eigenvalue weighted by molar-refractivity contribution is 6.04. The summed E-state index contributed by atoms with van der Waals surface area (Å²) >= 11 is 0. The highest BCUT2D eigenvalue weighted by Crippen LogP contribution is 2.17. The van der Waals surface area contributed by atoms with Crippen LogP contribution in [0.2, 0.25) is 0 Å². The molecule has 2 N–H and O–H groups in total. The summed E-state index contributed by atoms with van der Waals surface area (Å²) in [7, 11) is 0. The number of ether oxygens (including phenoxy) is 1. The molecule has 7 heteroatoms. The Balaban J connectivity index is 1.96. The fourth-order valence-electron chi connectivity index (χ4n) is 1.77. The summed E-state index contributed by atoms with van der Waals surface area (Å²) in [5.41, 5.74) is 0.971. The van der Waals surface area contributed by atoms with Crippen LogP contribution in [-0.4, -0.2) is 22.8 Å². The number of benzene rings is 1. The molecular formula is C16H19N3O4. The number of hydrogen-bond acceptors (Lipinski definition) is 5. The number of rotatable bonds is 3. The zero-order chi connectivity index (χ0) is 17.0. The minimum Gasteiger partial charge on any atom is -0.444 e. The van der Waals surface area contributed by atoms with Gasteiger partial charge in [0.15, 0.2) is 0 Å². The van der Waals surface area contributed by atoms with E-state index in [0.29, 0.717) is 22.7 Å². The van der Waals surface area contributed by atoms with E-state index in [9.17, 15) is 9.59 Å². The van der Waals surface area contributed by atoms with Crippen molar-refractivity contribution in [3.8, 4) is 0 Å². The van der Waals surface area contributed by atoms with Crippen molar-refractivity contribution < 1.29 is 18.8 Å². The predicted octanol–water partition coefficient (Wildman–Crippen LogP) is 3.58. The molecule has 7 nitrogen and oxygen atoms in total. The predicted molar refractivity (Wildman–Crippen MR) is 85.5 cm³/mol. The summed E-state index contributed by atoms with van der Waals surface area (Å²) in [6, 6.07) is 6.68. The molecule has 0 fully saturated rings. The van der Waals surface area contributed by atoms with Crippen LogP contribution in [0.5, 0.6) is 0 Å². The highest BCUT2D eigenvalue weighted by atomic mass is 16.6. The third kappa shape index (κ3) is 4.84. The number of nitrogens with zero attached hydrogens (tertiary/aromatic N) is 1. The summed E-state index contributed by atoms with van der Waals surface area (Å²) in [6.45, 7) is 7.03. The summed E-state index contributed by atoms with van der Waals surface area (Å²) in [6.07, 6.45) is 0.831. The lowest BCUT2D eigenvalue weighted by Gasteiger charge is -2.19. The van der Waals surface area contributed by atoms with E-state index >= 15 is 0 Å². The lowest BCUT2D eigenvalue weighted by Crippen LogP contribution is -2.27. The monoisotopic (exact) mass is 317 g/mol. The van der Waals surface area contributed by atoms with Crippen LogP contribution in [-0.2, 0) is 4.74 Å². The average molecular weight is 317 g/mol. The molecule has 2 aromatic rings. The molecule has 0 radical (unpaired) electrons. The van der Waals surface area contributed by atoms with Crippen molar-refractivity contribution in [2.45, 2.75) is 33.3 Å². The van der Waals surface area contributed by atoms with E-state index in [1.807, 2.05) is 0 Å². The fourth-order valence-corrected chi connectivity index (χ4v) is 1.77. The maximum absolute atomic E-state index is 12.0. The Kier molecular flexibility index (Phi) is 4.68. The first-order valence-electron chi connectivity index (χ1n) is 7.07.